The van der Waals surface area contributed by atoms with Crippen LogP contribution < -0.4 is 0 Å². The number of unbranched alkanes of at least 4 members (excludes halogenated alkanes) is 43. The van der Waals surface area contributed by atoms with Crippen LogP contribution in [0.1, 0.15) is 415 Å². The molecule has 1 aliphatic rings. The zero-order valence-corrected chi connectivity index (χ0v) is 66.7. The number of likely N-dealkylation sites (tertiary alicyclic amines) is 1. The summed E-state index contributed by atoms with van der Waals surface area (Å²) in [5.74, 6) is 0.228. The summed E-state index contributed by atoms with van der Waals surface area (Å²) < 4.78 is 6.23. The van der Waals surface area contributed by atoms with Crippen LogP contribution in [0.15, 0.2) is 12.2 Å². The van der Waals surface area contributed by atoms with E-state index in [4.69, 9.17) is 9.84 Å². The Morgan fingerprint density at radius 1 is 0.406 bits per heavy atom. The van der Waals surface area contributed by atoms with Gasteiger partial charge in [-0.15, -0.1) is 0 Å². The maximum atomic E-state index is 14.0. The number of ether oxygens (including phenoxy) is 1. The molecule has 4 atom stereocenters. The molecule has 0 aromatic heterocycles. The van der Waals surface area contributed by atoms with Gasteiger partial charge in [-0.2, -0.15) is 0 Å². The van der Waals surface area contributed by atoms with E-state index in [-0.39, 0.29) is 29.9 Å². The molecule has 1 saturated heterocycles. The topological polar surface area (TPSA) is 96.9 Å². The Morgan fingerprint density at radius 2 is 0.740 bits per heavy atom. The molecule has 1 aliphatic heterocycles. The van der Waals surface area contributed by atoms with E-state index in [2.05, 4.69) is 94.3 Å². The lowest BCUT2D eigenvalue weighted by molar-refractivity contribution is -0.155. The maximum absolute atomic E-state index is 14.0. The number of hydrogen-bond acceptors (Lipinski definition) is 8. The number of carboxylic acid groups (broad SMARTS) is 1. The molecule has 0 spiro atoms. The van der Waals surface area contributed by atoms with Gasteiger partial charge in [-0.05, 0) is 137 Å². The molecule has 1 rings (SSSR count). The van der Waals surface area contributed by atoms with Crippen molar-refractivity contribution in [3.63, 3.8) is 0 Å². The molecule has 1 heterocycles. The highest BCUT2D eigenvalue weighted by molar-refractivity contribution is 5.79. The minimum Gasteiger partial charge on any atom is -0.481 e. The Labute approximate surface area is 600 Å². The molecular formula is C86H171N5O5. The second kappa shape index (κ2) is 72.8. The fraction of sp³-hybridized carbons (Fsp3) is 0.942. The number of carbonyl (C=O) groups is 3. The van der Waals surface area contributed by atoms with Crippen LogP contribution in [0.2, 0.25) is 0 Å². The molecule has 0 aliphatic carbocycles. The van der Waals surface area contributed by atoms with Gasteiger partial charge in [0.15, 0.2) is 0 Å². The van der Waals surface area contributed by atoms with Crippen LogP contribution in [0.5, 0.6) is 0 Å². The fourth-order valence-electron chi connectivity index (χ4n) is 14.1. The SMILES string of the molecule is CCCCCCC(CCCCCCCC/C=C\CCCCCCC(C)C(=O)O)CCN(C)C.CCCCCCCCCN(CCCCCCCCC)CCN(CCCCCCCCC)CC(=O)N1CCC(OC(=O)C(C)N(CCCCCCCCC)CCCCCCCCC)C1. The van der Waals surface area contributed by atoms with Crippen LogP contribution in [-0.2, 0) is 19.1 Å². The number of carboxylic acids is 1. The van der Waals surface area contributed by atoms with E-state index in [0.29, 0.717) is 19.6 Å². The first-order valence-electron chi connectivity index (χ1n) is 43.1. The van der Waals surface area contributed by atoms with Crippen molar-refractivity contribution in [2.45, 2.75) is 427 Å². The zero-order valence-electron chi connectivity index (χ0n) is 66.7. The summed E-state index contributed by atoms with van der Waals surface area (Å²) in [7, 11) is 4.41. The molecular weight excluding hydrogens is 1180 g/mol. The molecule has 96 heavy (non-hydrogen) atoms. The molecule has 0 radical (unpaired) electrons. The highest BCUT2D eigenvalue weighted by Gasteiger charge is 2.32. The molecule has 10 heteroatoms. The third-order valence-corrected chi connectivity index (χ3v) is 21.1. The third kappa shape index (κ3) is 61.8. The highest BCUT2D eigenvalue weighted by atomic mass is 16.5. The Morgan fingerprint density at radius 3 is 1.14 bits per heavy atom. The quantitative estimate of drug-likeness (QED) is 0.0363. The Kier molecular flexibility index (Phi) is 71.2. The van der Waals surface area contributed by atoms with Crippen molar-refractivity contribution < 1.29 is 24.2 Å². The van der Waals surface area contributed by atoms with Gasteiger partial charge in [0, 0.05) is 26.1 Å². The van der Waals surface area contributed by atoms with E-state index in [9.17, 15) is 14.4 Å². The van der Waals surface area contributed by atoms with Gasteiger partial charge in [-0.25, -0.2) is 0 Å². The second-order valence-electron chi connectivity index (χ2n) is 30.8. The minimum atomic E-state index is -0.657. The first kappa shape index (κ1) is 94.0. The number of esters is 1. The molecule has 1 N–H and O–H groups in total. The minimum absolute atomic E-state index is 0.0947. The van der Waals surface area contributed by atoms with Crippen LogP contribution in [-0.4, -0.2) is 146 Å². The highest BCUT2D eigenvalue weighted by Crippen LogP contribution is 2.24. The number of nitrogens with zero attached hydrogens (tertiary/aromatic N) is 5. The van der Waals surface area contributed by atoms with Crippen LogP contribution in [0.3, 0.4) is 0 Å². The van der Waals surface area contributed by atoms with Gasteiger partial charge in [0.1, 0.15) is 12.1 Å². The number of amides is 1. The van der Waals surface area contributed by atoms with Gasteiger partial charge in [0.2, 0.25) is 5.91 Å². The number of rotatable bonds is 73. The predicted octanol–water partition coefficient (Wildman–Crippen LogP) is 24.4. The number of hydrogen-bond donors (Lipinski definition) is 1. The molecule has 0 saturated carbocycles. The normalized spacial score (nSPS) is 14.4. The molecule has 570 valence electrons. The van der Waals surface area contributed by atoms with Crippen molar-refractivity contribution in [3.8, 4) is 0 Å². The van der Waals surface area contributed by atoms with E-state index in [0.717, 1.165) is 70.7 Å². The molecule has 0 bridgehead atoms. The lowest BCUT2D eigenvalue weighted by Gasteiger charge is -2.29. The van der Waals surface area contributed by atoms with E-state index in [1.807, 2.05) is 11.8 Å². The van der Waals surface area contributed by atoms with Crippen LogP contribution in [0.25, 0.3) is 0 Å². The fourth-order valence-corrected chi connectivity index (χ4v) is 14.1. The van der Waals surface area contributed by atoms with Crippen molar-refractivity contribution in [2.75, 3.05) is 86.1 Å². The van der Waals surface area contributed by atoms with Crippen molar-refractivity contribution in [1.29, 1.82) is 0 Å². The second-order valence-corrected chi connectivity index (χ2v) is 30.8. The van der Waals surface area contributed by atoms with Gasteiger partial charge in [-0.1, -0.05) is 343 Å². The average molecular weight is 1360 g/mol. The molecule has 10 nitrogen and oxygen atoms in total. The Hall–Kier alpha value is -2.01. The molecule has 1 fully saturated rings. The van der Waals surface area contributed by atoms with E-state index >= 15 is 0 Å². The maximum Gasteiger partial charge on any atom is 0.323 e. The lowest BCUT2D eigenvalue weighted by atomic mass is 9.91. The predicted molar refractivity (Wildman–Crippen MR) is 421 cm³/mol. The third-order valence-electron chi connectivity index (χ3n) is 21.1. The van der Waals surface area contributed by atoms with Crippen LogP contribution >= 0.6 is 0 Å². The summed E-state index contributed by atoms with van der Waals surface area (Å²) in [4.78, 5) is 50.5. The summed E-state index contributed by atoms with van der Waals surface area (Å²) in [6.45, 7) is 27.9. The monoisotopic (exact) mass is 1350 g/mol. The van der Waals surface area contributed by atoms with E-state index in [1.54, 1.807) is 0 Å². The van der Waals surface area contributed by atoms with Crippen LogP contribution in [0, 0.1) is 11.8 Å². The van der Waals surface area contributed by atoms with Gasteiger partial charge in [-0.3, -0.25) is 24.2 Å². The Balaban J connectivity index is 0.00000230. The first-order chi connectivity index (χ1) is 46.9. The van der Waals surface area contributed by atoms with E-state index < -0.39 is 5.97 Å². The van der Waals surface area contributed by atoms with Gasteiger partial charge in [0.25, 0.3) is 0 Å². The number of carbonyl (C=O) groups excluding carboxylic acids is 2. The van der Waals surface area contributed by atoms with Gasteiger partial charge >= 0.3 is 11.9 Å². The molecule has 4 unspecified atom stereocenters. The molecule has 0 aromatic carbocycles. The summed E-state index contributed by atoms with van der Waals surface area (Å²) >= 11 is 0. The molecule has 1 amide bonds. The number of allylic oxidation sites excluding steroid dienone is 2. The average Bonchev–Trinajstić information content (AvgIpc) is 1.74. The van der Waals surface area contributed by atoms with Crippen molar-refractivity contribution in [3.05, 3.63) is 12.2 Å². The van der Waals surface area contributed by atoms with Crippen molar-refractivity contribution in [1.82, 2.24) is 24.5 Å². The first-order valence-corrected chi connectivity index (χ1v) is 43.1. The van der Waals surface area contributed by atoms with E-state index in [1.165, 1.54) is 347 Å². The summed E-state index contributed by atoms with van der Waals surface area (Å²) in [5.41, 5.74) is 0. The standard InChI is InChI=1S/C56H112N4O3.C30H59NO2/c1-7-12-17-22-27-32-37-43-57(44-38-33-28-23-18-13-8-2)49-50-58(45-39-34-29-24-19-14-9-3)52-55(61)60-48-42-54(51-60)63-56(62)53(6)59(46-40-35-30-25-20-15-10-4)47-41-36-31-26-21-16-11-5;1-5-6-7-21-24-29(26-27-31(3)4)25-22-19-17-15-13-11-9-8-10-12-14-16-18-20-23-28(2)30(32)33/h53-54H,7-52H2,1-6H3;8,10,28-29H,5-7,9,11-27H2,1-4H3,(H,32,33)/b;10-8-. The molecule has 0 aromatic rings. The lowest BCUT2D eigenvalue weighted by Crippen LogP contribution is -2.44. The summed E-state index contributed by atoms with van der Waals surface area (Å²) in [6.07, 6.45) is 77.4. The largest absolute Gasteiger partial charge is 0.481 e. The summed E-state index contributed by atoms with van der Waals surface area (Å²) in [6, 6.07) is -0.238. The summed E-state index contributed by atoms with van der Waals surface area (Å²) in [5, 5.41) is 8.88. The van der Waals surface area contributed by atoms with Gasteiger partial charge < -0.3 is 24.5 Å². The zero-order chi connectivity index (χ0) is 70.4. The van der Waals surface area contributed by atoms with Crippen molar-refractivity contribution in [2.24, 2.45) is 11.8 Å². The Bertz CT molecular complexity index is 1630. The number of aliphatic carboxylic acids is 1. The van der Waals surface area contributed by atoms with Crippen molar-refractivity contribution >= 4 is 17.8 Å². The van der Waals surface area contributed by atoms with Crippen LogP contribution in [0.4, 0.5) is 0 Å². The smallest absolute Gasteiger partial charge is 0.323 e. The van der Waals surface area contributed by atoms with Gasteiger partial charge in [0.05, 0.1) is 19.0 Å².